The van der Waals surface area contributed by atoms with Crippen LogP contribution in [0.5, 0.6) is 0 Å². The van der Waals surface area contributed by atoms with Crippen LogP contribution in [0.15, 0.2) is 0 Å². The van der Waals surface area contributed by atoms with Gasteiger partial charge >= 0.3 is 0 Å². The number of rotatable bonds is 2. The zero-order valence-electron chi connectivity index (χ0n) is 9.99. The quantitative estimate of drug-likeness (QED) is 0.579. The summed E-state index contributed by atoms with van der Waals surface area (Å²) in [6.07, 6.45) is 1.40. The standard InChI is InChI=1S/C11H26Si/c1-10(2,3)8-9(12-7)11(4,5)6/h9H,8,12H2,1-7H3. The van der Waals surface area contributed by atoms with E-state index in [1.54, 1.807) is 0 Å². The van der Waals surface area contributed by atoms with E-state index in [2.05, 4.69) is 48.1 Å². The first-order chi connectivity index (χ1) is 5.17. The van der Waals surface area contributed by atoms with Gasteiger partial charge in [0.25, 0.3) is 0 Å². The van der Waals surface area contributed by atoms with Crippen LogP contribution >= 0.6 is 0 Å². The van der Waals surface area contributed by atoms with E-state index in [4.69, 9.17) is 0 Å². The smallest absolute Gasteiger partial charge is 0.0208 e. The van der Waals surface area contributed by atoms with Crippen LogP contribution in [-0.2, 0) is 0 Å². The van der Waals surface area contributed by atoms with Gasteiger partial charge < -0.3 is 0 Å². The molecule has 0 bridgehead atoms. The Balaban J connectivity index is 4.20. The molecule has 0 nitrogen and oxygen atoms in total. The topological polar surface area (TPSA) is 0 Å². The third kappa shape index (κ3) is 4.97. The maximum absolute atomic E-state index is 2.45. The highest BCUT2D eigenvalue weighted by Gasteiger charge is 2.27. The van der Waals surface area contributed by atoms with Crippen molar-refractivity contribution in [3.05, 3.63) is 0 Å². The van der Waals surface area contributed by atoms with Crippen molar-refractivity contribution in [3.63, 3.8) is 0 Å². The Labute approximate surface area is 81.0 Å². The van der Waals surface area contributed by atoms with Crippen molar-refractivity contribution in [2.45, 2.75) is 60.1 Å². The minimum absolute atomic E-state index is 0.144. The van der Waals surface area contributed by atoms with E-state index >= 15 is 0 Å². The van der Waals surface area contributed by atoms with Crippen LogP contribution in [0.2, 0.25) is 12.1 Å². The van der Waals surface area contributed by atoms with E-state index in [0.29, 0.717) is 10.8 Å². The summed E-state index contributed by atoms with van der Waals surface area (Å²) in [7, 11) is 0.144. The maximum atomic E-state index is 2.45. The van der Waals surface area contributed by atoms with Crippen LogP contribution < -0.4 is 0 Å². The van der Waals surface area contributed by atoms with Gasteiger partial charge in [0.05, 0.1) is 0 Å². The molecule has 1 unspecified atom stereocenters. The summed E-state index contributed by atoms with van der Waals surface area (Å²) >= 11 is 0. The molecule has 0 rings (SSSR count). The van der Waals surface area contributed by atoms with Gasteiger partial charge in [-0.3, -0.25) is 0 Å². The summed E-state index contributed by atoms with van der Waals surface area (Å²) in [4.78, 5) is 0. The van der Waals surface area contributed by atoms with Gasteiger partial charge in [-0.1, -0.05) is 48.1 Å². The number of hydrogen-bond acceptors (Lipinski definition) is 0. The molecule has 0 aromatic heterocycles. The first-order valence-electron chi connectivity index (χ1n) is 5.17. The Hall–Kier alpha value is 0.217. The zero-order valence-corrected chi connectivity index (χ0v) is 11.4. The van der Waals surface area contributed by atoms with Gasteiger partial charge in [-0.2, -0.15) is 0 Å². The van der Waals surface area contributed by atoms with Crippen molar-refractivity contribution in [2.75, 3.05) is 0 Å². The SMILES string of the molecule is C[SiH2]C(CC(C)(C)C)C(C)(C)C. The lowest BCUT2D eigenvalue weighted by atomic mass is 9.80. The van der Waals surface area contributed by atoms with Gasteiger partial charge in [0.2, 0.25) is 0 Å². The third-order valence-electron chi connectivity index (χ3n) is 2.58. The highest BCUT2D eigenvalue weighted by Crippen LogP contribution is 2.39. The molecule has 0 aliphatic heterocycles. The molecule has 0 aromatic carbocycles. The fourth-order valence-electron chi connectivity index (χ4n) is 1.80. The molecule has 0 N–H and O–H groups in total. The molecule has 0 fully saturated rings. The molecule has 74 valence electrons. The monoisotopic (exact) mass is 186 g/mol. The lowest BCUT2D eigenvalue weighted by Crippen LogP contribution is -2.24. The highest BCUT2D eigenvalue weighted by atomic mass is 28.2. The predicted octanol–water partition coefficient (Wildman–Crippen LogP) is 3.47. The van der Waals surface area contributed by atoms with E-state index in [1.165, 1.54) is 6.42 Å². The summed E-state index contributed by atoms with van der Waals surface area (Å²) in [6, 6.07) is 0. The highest BCUT2D eigenvalue weighted by molar-refractivity contribution is 6.35. The van der Waals surface area contributed by atoms with Gasteiger partial charge in [0, 0.05) is 9.52 Å². The largest absolute Gasteiger partial charge is 0.0746 e. The van der Waals surface area contributed by atoms with Gasteiger partial charge in [-0.25, -0.2) is 0 Å². The van der Waals surface area contributed by atoms with Crippen LogP contribution in [0, 0.1) is 10.8 Å². The Kier molecular flexibility index (Phi) is 4.02. The fourth-order valence-corrected chi connectivity index (χ4v) is 4.18. The van der Waals surface area contributed by atoms with Crippen molar-refractivity contribution in [2.24, 2.45) is 10.8 Å². The minimum Gasteiger partial charge on any atom is -0.0746 e. The van der Waals surface area contributed by atoms with Gasteiger partial charge in [-0.15, -0.1) is 0 Å². The zero-order chi connectivity index (χ0) is 9.99. The molecule has 0 aliphatic rings. The predicted molar refractivity (Wildman–Crippen MR) is 61.7 cm³/mol. The van der Waals surface area contributed by atoms with E-state index in [1.807, 2.05) is 0 Å². The van der Waals surface area contributed by atoms with Crippen molar-refractivity contribution in [3.8, 4) is 0 Å². The second-order valence-electron chi connectivity index (χ2n) is 6.24. The van der Waals surface area contributed by atoms with E-state index in [0.717, 1.165) is 5.54 Å². The molecule has 0 amide bonds. The normalized spacial score (nSPS) is 17.2. The van der Waals surface area contributed by atoms with Crippen LogP contribution in [0.3, 0.4) is 0 Å². The molecule has 1 heteroatoms. The van der Waals surface area contributed by atoms with Gasteiger partial charge in [0.15, 0.2) is 0 Å². The lowest BCUT2D eigenvalue weighted by Gasteiger charge is -2.34. The van der Waals surface area contributed by atoms with Gasteiger partial charge in [-0.05, 0) is 22.8 Å². The average molecular weight is 186 g/mol. The van der Waals surface area contributed by atoms with Crippen LogP contribution in [0.4, 0.5) is 0 Å². The Morgan fingerprint density at radius 2 is 1.42 bits per heavy atom. The molecule has 0 spiro atoms. The number of hydrogen-bond donors (Lipinski definition) is 0. The van der Waals surface area contributed by atoms with Crippen molar-refractivity contribution in [1.29, 1.82) is 0 Å². The van der Waals surface area contributed by atoms with Crippen molar-refractivity contribution >= 4 is 9.52 Å². The Bertz CT molecular complexity index is 125. The van der Waals surface area contributed by atoms with Crippen molar-refractivity contribution < 1.29 is 0 Å². The molecule has 0 radical (unpaired) electrons. The molecule has 0 aromatic rings. The molecule has 1 atom stereocenters. The summed E-state index contributed by atoms with van der Waals surface area (Å²) in [5, 5.41) is 0. The summed E-state index contributed by atoms with van der Waals surface area (Å²) in [6.45, 7) is 16.7. The second kappa shape index (κ2) is 3.95. The summed E-state index contributed by atoms with van der Waals surface area (Å²) < 4.78 is 0. The molecule has 12 heavy (non-hydrogen) atoms. The molecular weight excluding hydrogens is 160 g/mol. The second-order valence-corrected chi connectivity index (χ2v) is 8.04. The average Bonchev–Trinajstić information content (AvgIpc) is 1.78. The Morgan fingerprint density at radius 1 is 1.00 bits per heavy atom. The maximum Gasteiger partial charge on any atom is 0.0208 e. The third-order valence-corrected chi connectivity index (χ3v) is 5.08. The first-order valence-corrected chi connectivity index (χ1v) is 7.40. The van der Waals surface area contributed by atoms with Crippen molar-refractivity contribution in [1.82, 2.24) is 0 Å². The molecular formula is C11H26Si. The Morgan fingerprint density at radius 3 is 1.50 bits per heavy atom. The molecule has 0 saturated carbocycles. The summed E-state index contributed by atoms with van der Waals surface area (Å²) in [5.41, 5.74) is 2.05. The fraction of sp³-hybridized carbons (Fsp3) is 1.00. The molecule has 0 aliphatic carbocycles. The van der Waals surface area contributed by atoms with Crippen LogP contribution in [-0.4, -0.2) is 9.52 Å². The van der Waals surface area contributed by atoms with E-state index < -0.39 is 0 Å². The van der Waals surface area contributed by atoms with Gasteiger partial charge in [0.1, 0.15) is 0 Å². The summed E-state index contributed by atoms with van der Waals surface area (Å²) in [5.74, 6) is 0. The minimum atomic E-state index is 0.144. The lowest BCUT2D eigenvalue weighted by molar-refractivity contribution is 0.274. The molecule has 0 heterocycles. The van der Waals surface area contributed by atoms with E-state index in [-0.39, 0.29) is 9.52 Å². The van der Waals surface area contributed by atoms with Crippen LogP contribution in [0.25, 0.3) is 0 Å². The van der Waals surface area contributed by atoms with Crippen LogP contribution in [0.1, 0.15) is 48.0 Å². The molecule has 0 saturated heterocycles. The van der Waals surface area contributed by atoms with E-state index in [9.17, 15) is 0 Å². The first kappa shape index (κ1) is 12.2.